The van der Waals surface area contributed by atoms with E-state index in [2.05, 4.69) is 0 Å². The third kappa shape index (κ3) is 4.94. The maximum Gasteiger partial charge on any atom is 0.338 e. The highest BCUT2D eigenvalue weighted by molar-refractivity contribution is 8.16. The van der Waals surface area contributed by atoms with Gasteiger partial charge in [0.15, 0.2) is 6.61 Å². The predicted octanol–water partition coefficient (Wildman–Crippen LogP) is 4.81. The second-order valence-electron chi connectivity index (χ2n) is 6.31. The molecular formula is C20H19NO5S2. The van der Waals surface area contributed by atoms with Crippen molar-refractivity contribution in [3.63, 3.8) is 0 Å². The number of nitro groups is 1. The summed E-state index contributed by atoms with van der Waals surface area (Å²) in [6.07, 6.45) is 1.22. The van der Waals surface area contributed by atoms with E-state index in [1.54, 1.807) is 19.1 Å². The fourth-order valence-electron chi connectivity index (χ4n) is 2.73. The van der Waals surface area contributed by atoms with Crippen molar-refractivity contribution in [3.05, 3.63) is 74.8 Å². The van der Waals surface area contributed by atoms with E-state index in [-0.39, 0.29) is 11.3 Å². The van der Waals surface area contributed by atoms with Crippen molar-refractivity contribution in [3.8, 4) is 0 Å². The number of carbonyl (C=O) groups excluding carboxylic acids is 2. The van der Waals surface area contributed by atoms with Gasteiger partial charge in [0.25, 0.3) is 5.69 Å². The van der Waals surface area contributed by atoms with Crippen molar-refractivity contribution in [1.29, 1.82) is 0 Å². The zero-order valence-corrected chi connectivity index (χ0v) is 16.9. The zero-order valence-electron chi connectivity index (χ0n) is 15.3. The first-order valence-corrected chi connectivity index (χ1v) is 10.8. The Bertz CT molecular complexity index is 892. The molecule has 28 heavy (non-hydrogen) atoms. The third-order valence-corrected chi connectivity index (χ3v) is 7.32. The van der Waals surface area contributed by atoms with Crippen LogP contribution in [-0.2, 0) is 4.74 Å². The van der Waals surface area contributed by atoms with Crippen LogP contribution in [0.1, 0.15) is 42.8 Å². The molecule has 0 spiro atoms. The van der Waals surface area contributed by atoms with Gasteiger partial charge in [0.1, 0.15) is 0 Å². The first-order valence-electron chi connectivity index (χ1n) is 8.74. The summed E-state index contributed by atoms with van der Waals surface area (Å²) in [4.78, 5) is 34.9. The molecule has 2 aromatic rings. The maximum atomic E-state index is 12.2. The van der Waals surface area contributed by atoms with Gasteiger partial charge in [-0.3, -0.25) is 14.9 Å². The van der Waals surface area contributed by atoms with Gasteiger partial charge in [-0.2, -0.15) is 0 Å². The van der Waals surface area contributed by atoms with E-state index in [1.807, 2.05) is 35.7 Å². The highest BCUT2D eigenvalue weighted by Crippen LogP contribution is 2.43. The number of esters is 1. The van der Waals surface area contributed by atoms with E-state index in [0.29, 0.717) is 15.7 Å². The lowest BCUT2D eigenvalue weighted by Crippen LogP contribution is -2.14. The van der Waals surface area contributed by atoms with Crippen molar-refractivity contribution in [2.24, 2.45) is 0 Å². The van der Waals surface area contributed by atoms with E-state index in [4.69, 9.17) is 4.74 Å². The SMILES string of the molecule is Cc1ccc(C(=O)COC(=O)c2ccc(C3SCCCS3)cc2)cc1[N+](=O)[O-]. The fourth-order valence-corrected chi connectivity index (χ4v) is 5.63. The molecule has 0 unspecified atom stereocenters. The summed E-state index contributed by atoms with van der Waals surface area (Å²) in [6, 6.07) is 11.4. The Morgan fingerprint density at radius 1 is 1.11 bits per heavy atom. The summed E-state index contributed by atoms with van der Waals surface area (Å²) in [6.45, 7) is 1.13. The zero-order chi connectivity index (χ0) is 20.1. The first kappa shape index (κ1) is 20.4. The van der Waals surface area contributed by atoms with Gasteiger partial charge < -0.3 is 4.74 Å². The number of hydrogen-bond donors (Lipinski definition) is 0. The predicted molar refractivity (Wildman–Crippen MR) is 111 cm³/mol. The lowest BCUT2D eigenvalue weighted by Gasteiger charge is -2.21. The summed E-state index contributed by atoms with van der Waals surface area (Å²) in [7, 11) is 0. The van der Waals surface area contributed by atoms with Crippen LogP contribution >= 0.6 is 23.5 Å². The van der Waals surface area contributed by atoms with E-state index in [9.17, 15) is 19.7 Å². The van der Waals surface area contributed by atoms with Gasteiger partial charge in [-0.15, -0.1) is 23.5 Å². The summed E-state index contributed by atoms with van der Waals surface area (Å²) < 4.78 is 5.48. The van der Waals surface area contributed by atoms with E-state index in [1.165, 1.54) is 24.6 Å². The average molecular weight is 418 g/mol. The molecule has 1 aliphatic heterocycles. The van der Waals surface area contributed by atoms with Crippen molar-refractivity contribution < 1.29 is 19.2 Å². The number of thioether (sulfide) groups is 2. The van der Waals surface area contributed by atoms with Crippen LogP contribution in [0.15, 0.2) is 42.5 Å². The van der Waals surface area contributed by atoms with E-state index in [0.717, 1.165) is 17.1 Å². The van der Waals surface area contributed by atoms with Gasteiger partial charge in [-0.1, -0.05) is 24.3 Å². The number of benzene rings is 2. The molecule has 2 aromatic carbocycles. The fraction of sp³-hybridized carbons (Fsp3) is 0.300. The first-order chi connectivity index (χ1) is 13.5. The van der Waals surface area contributed by atoms with Crippen molar-refractivity contribution in [2.45, 2.75) is 17.9 Å². The minimum Gasteiger partial charge on any atom is -0.454 e. The molecule has 8 heteroatoms. The normalized spacial score (nSPS) is 14.5. The second-order valence-corrected chi connectivity index (χ2v) is 9.03. The van der Waals surface area contributed by atoms with Crippen LogP contribution in [0.4, 0.5) is 5.69 Å². The monoisotopic (exact) mass is 417 g/mol. The van der Waals surface area contributed by atoms with Gasteiger partial charge in [0.2, 0.25) is 5.78 Å². The molecule has 0 aliphatic carbocycles. The molecule has 0 aromatic heterocycles. The van der Waals surface area contributed by atoms with Gasteiger partial charge in [0, 0.05) is 17.2 Å². The Labute approximate surface area is 171 Å². The Hall–Kier alpha value is -2.32. The molecule has 3 rings (SSSR count). The van der Waals surface area contributed by atoms with Crippen molar-refractivity contribution >= 4 is 41.0 Å². The van der Waals surface area contributed by atoms with Crippen LogP contribution in [0.25, 0.3) is 0 Å². The minimum atomic E-state index is -0.592. The summed E-state index contributed by atoms with van der Waals surface area (Å²) in [5.74, 6) is 1.20. The Kier molecular flexibility index (Phi) is 6.74. The van der Waals surface area contributed by atoms with Crippen LogP contribution in [0.3, 0.4) is 0 Å². The number of ether oxygens (including phenoxy) is 1. The molecule has 0 bridgehead atoms. The quantitative estimate of drug-likeness (QED) is 0.288. The number of nitrogens with zero attached hydrogens (tertiary/aromatic N) is 1. The number of aryl methyl sites for hydroxylation is 1. The Morgan fingerprint density at radius 3 is 2.39 bits per heavy atom. The number of ketones is 1. The lowest BCUT2D eigenvalue weighted by molar-refractivity contribution is -0.385. The molecule has 0 amide bonds. The van der Waals surface area contributed by atoms with Gasteiger partial charge >= 0.3 is 5.97 Å². The van der Waals surface area contributed by atoms with E-state index >= 15 is 0 Å². The van der Waals surface area contributed by atoms with Gasteiger partial charge in [0.05, 0.1) is 15.1 Å². The topological polar surface area (TPSA) is 86.5 Å². The van der Waals surface area contributed by atoms with Crippen molar-refractivity contribution in [2.75, 3.05) is 18.1 Å². The summed E-state index contributed by atoms with van der Waals surface area (Å²) in [5, 5.41) is 11.0. The van der Waals surface area contributed by atoms with E-state index < -0.39 is 23.3 Å². The molecule has 0 atom stereocenters. The molecule has 0 radical (unpaired) electrons. The smallest absolute Gasteiger partial charge is 0.338 e. The van der Waals surface area contributed by atoms with Crippen LogP contribution in [0.5, 0.6) is 0 Å². The van der Waals surface area contributed by atoms with Crippen LogP contribution in [0.2, 0.25) is 0 Å². The van der Waals surface area contributed by atoms with Crippen molar-refractivity contribution in [1.82, 2.24) is 0 Å². The van der Waals surface area contributed by atoms with Gasteiger partial charge in [-0.25, -0.2) is 4.79 Å². The molecule has 146 valence electrons. The number of nitro benzene ring substituents is 1. The van der Waals surface area contributed by atoms with Crippen LogP contribution in [0, 0.1) is 17.0 Å². The third-order valence-electron chi connectivity index (χ3n) is 4.31. The largest absolute Gasteiger partial charge is 0.454 e. The van der Waals surface area contributed by atoms with Crippen LogP contribution in [-0.4, -0.2) is 34.8 Å². The standard InChI is InChI=1S/C20H19NO5S2/c1-13-3-4-16(11-17(13)21(24)25)18(22)12-26-19(23)14-5-7-15(8-6-14)20-27-9-2-10-28-20/h3-8,11,20H,2,9-10,12H2,1H3. The molecule has 6 nitrogen and oxygen atoms in total. The molecule has 0 N–H and O–H groups in total. The van der Waals surface area contributed by atoms with Crippen LogP contribution < -0.4 is 0 Å². The molecule has 1 saturated heterocycles. The lowest BCUT2D eigenvalue weighted by atomic mass is 10.1. The number of Topliss-reactive ketones (excluding diaryl/α,β-unsaturated/α-hetero) is 1. The molecule has 1 fully saturated rings. The molecule has 1 aliphatic rings. The number of rotatable bonds is 6. The number of carbonyl (C=O) groups is 2. The van der Waals surface area contributed by atoms with Gasteiger partial charge in [-0.05, 0) is 42.5 Å². The second kappa shape index (κ2) is 9.25. The Morgan fingerprint density at radius 2 is 1.75 bits per heavy atom. The maximum absolute atomic E-state index is 12.2. The minimum absolute atomic E-state index is 0.133. The summed E-state index contributed by atoms with van der Waals surface area (Å²) >= 11 is 3.80. The summed E-state index contributed by atoms with van der Waals surface area (Å²) in [5.41, 5.74) is 2.01. The molecule has 0 saturated carbocycles. The highest BCUT2D eigenvalue weighted by atomic mass is 32.2. The molecule has 1 heterocycles. The Balaban J connectivity index is 1.60. The molecular weight excluding hydrogens is 398 g/mol. The highest BCUT2D eigenvalue weighted by Gasteiger charge is 2.19. The average Bonchev–Trinajstić information content (AvgIpc) is 2.72. The number of hydrogen-bond acceptors (Lipinski definition) is 7.